The van der Waals surface area contributed by atoms with Crippen LogP contribution in [0.3, 0.4) is 0 Å². The van der Waals surface area contributed by atoms with E-state index in [1.54, 1.807) is 6.20 Å². The maximum Gasteiger partial charge on any atom is 0.241 e. The largest absolute Gasteiger partial charge is 0.355 e. The fraction of sp³-hybridized carbons (Fsp3) is 0.600. The number of carbonyl (C=O) groups excluding carboxylic acids is 2. The zero-order valence-corrected chi connectivity index (χ0v) is 10.6. The second kappa shape index (κ2) is 7.38. The molecule has 1 aromatic rings. The quantitative estimate of drug-likeness (QED) is 0.501. The number of nitrogens with zero attached hydrogens (tertiary/aromatic N) is 3. The summed E-state index contributed by atoms with van der Waals surface area (Å²) in [5.74, 6) is -0.279. The lowest BCUT2D eigenvalue weighted by atomic mass is 10.4. The van der Waals surface area contributed by atoms with Crippen molar-refractivity contribution < 1.29 is 9.59 Å². The minimum absolute atomic E-state index is 0.114. The van der Waals surface area contributed by atoms with Gasteiger partial charge in [-0.3, -0.25) is 9.59 Å². The molecule has 18 heavy (non-hydrogen) atoms. The molecule has 0 spiro atoms. The molecular weight excluding hydrogens is 236 g/mol. The third kappa shape index (κ3) is 5.39. The first-order valence-corrected chi connectivity index (χ1v) is 5.66. The Morgan fingerprint density at radius 2 is 2.06 bits per heavy atom. The van der Waals surface area contributed by atoms with Crippen LogP contribution in [0, 0.1) is 0 Å². The first kappa shape index (κ1) is 14.1. The minimum atomic E-state index is -0.166. The van der Waals surface area contributed by atoms with Gasteiger partial charge in [0, 0.05) is 26.6 Å². The van der Waals surface area contributed by atoms with Gasteiger partial charge in [-0.2, -0.15) is 0 Å². The number of hydrogen-bond donors (Lipinski definition) is 3. The highest BCUT2D eigenvalue weighted by molar-refractivity contribution is 5.76. The molecule has 0 aliphatic rings. The summed E-state index contributed by atoms with van der Waals surface area (Å²) in [6, 6.07) is 0. The molecule has 0 radical (unpaired) electrons. The molecule has 0 unspecified atom stereocenters. The molecule has 0 bridgehead atoms. The Balaban J connectivity index is 2.24. The van der Waals surface area contributed by atoms with Crippen LogP contribution in [0.5, 0.6) is 0 Å². The Bertz CT molecular complexity index is 403. The molecule has 8 nitrogen and oxygen atoms in total. The summed E-state index contributed by atoms with van der Waals surface area (Å²) in [5, 5.41) is 15.9. The average molecular weight is 254 g/mol. The molecule has 0 fully saturated rings. The summed E-state index contributed by atoms with van der Waals surface area (Å²) >= 11 is 0. The summed E-state index contributed by atoms with van der Waals surface area (Å²) in [6.07, 6.45) is 1.71. The van der Waals surface area contributed by atoms with Gasteiger partial charge in [0.25, 0.3) is 0 Å². The van der Waals surface area contributed by atoms with E-state index >= 15 is 0 Å². The highest BCUT2D eigenvalue weighted by Crippen LogP contribution is 1.91. The minimum Gasteiger partial charge on any atom is -0.355 e. The van der Waals surface area contributed by atoms with E-state index in [9.17, 15) is 9.59 Å². The molecule has 2 amide bonds. The predicted octanol–water partition coefficient (Wildman–Crippen LogP) is -1.75. The maximum absolute atomic E-state index is 11.5. The fourth-order valence-corrected chi connectivity index (χ4v) is 1.32. The molecule has 100 valence electrons. The molecule has 3 N–H and O–H groups in total. The molecule has 0 aliphatic carbocycles. The van der Waals surface area contributed by atoms with E-state index < -0.39 is 0 Å². The first-order chi connectivity index (χ1) is 8.61. The Hall–Kier alpha value is -1.96. The van der Waals surface area contributed by atoms with Crippen LogP contribution in [0.1, 0.15) is 12.6 Å². The Morgan fingerprint density at radius 3 is 2.72 bits per heavy atom. The maximum atomic E-state index is 11.5. The third-order valence-corrected chi connectivity index (χ3v) is 2.07. The first-order valence-electron chi connectivity index (χ1n) is 5.66. The normalized spacial score (nSPS) is 10.1. The lowest BCUT2D eigenvalue weighted by Crippen LogP contribution is -2.35. The third-order valence-electron chi connectivity index (χ3n) is 2.07. The van der Waals surface area contributed by atoms with Crippen LogP contribution in [0.25, 0.3) is 0 Å². The van der Waals surface area contributed by atoms with Gasteiger partial charge in [-0.15, -0.1) is 5.10 Å². The van der Waals surface area contributed by atoms with Crippen molar-refractivity contribution in [3.8, 4) is 0 Å². The van der Waals surface area contributed by atoms with E-state index in [0.717, 1.165) is 5.69 Å². The van der Waals surface area contributed by atoms with Gasteiger partial charge >= 0.3 is 0 Å². The van der Waals surface area contributed by atoms with Gasteiger partial charge in [0.1, 0.15) is 6.54 Å². The predicted molar refractivity (Wildman–Crippen MR) is 64.5 cm³/mol. The Morgan fingerprint density at radius 1 is 1.33 bits per heavy atom. The van der Waals surface area contributed by atoms with Crippen molar-refractivity contribution in [2.45, 2.75) is 20.0 Å². The lowest BCUT2D eigenvalue weighted by molar-refractivity contribution is -0.122. The standard InChI is InChI=1S/C10H18N6O2/c1-8(17)12-3-4-13-10(18)7-16-6-9(5-11-2)14-15-16/h6,11H,3-5,7H2,1-2H3,(H,12,17)(H,13,18). The van der Waals surface area contributed by atoms with Gasteiger partial charge in [0.2, 0.25) is 11.8 Å². The molecule has 0 atom stereocenters. The second-order valence-corrected chi connectivity index (χ2v) is 3.77. The zero-order valence-electron chi connectivity index (χ0n) is 10.6. The SMILES string of the molecule is CNCc1cn(CC(=O)NCCNC(C)=O)nn1. The summed E-state index contributed by atoms with van der Waals surface area (Å²) in [7, 11) is 1.81. The van der Waals surface area contributed by atoms with Crippen LogP contribution in [0.2, 0.25) is 0 Å². The van der Waals surface area contributed by atoms with Crippen molar-refractivity contribution in [1.82, 2.24) is 30.9 Å². The molecule has 0 saturated carbocycles. The van der Waals surface area contributed by atoms with E-state index in [-0.39, 0.29) is 18.4 Å². The van der Waals surface area contributed by atoms with Gasteiger partial charge in [-0.1, -0.05) is 5.21 Å². The number of nitrogens with one attached hydrogen (secondary N) is 3. The number of carbonyl (C=O) groups is 2. The van der Waals surface area contributed by atoms with E-state index in [1.165, 1.54) is 11.6 Å². The highest BCUT2D eigenvalue weighted by Gasteiger charge is 2.05. The van der Waals surface area contributed by atoms with Crippen LogP contribution in [0.4, 0.5) is 0 Å². The van der Waals surface area contributed by atoms with Crippen LogP contribution < -0.4 is 16.0 Å². The Kier molecular flexibility index (Phi) is 5.78. The molecule has 0 aliphatic heterocycles. The zero-order chi connectivity index (χ0) is 13.4. The van der Waals surface area contributed by atoms with E-state index in [2.05, 4.69) is 26.3 Å². The van der Waals surface area contributed by atoms with E-state index in [0.29, 0.717) is 19.6 Å². The smallest absolute Gasteiger partial charge is 0.241 e. The van der Waals surface area contributed by atoms with Gasteiger partial charge in [-0.05, 0) is 7.05 Å². The topological polar surface area (TPSA) is 101 Å². The number of aromatic nitrogens is 3. The second-order valence-electron chi connectivity index (χ2n) is 3.77. The van der Waals surface area contributed by atoms with Crippen molar-refractivity contribution in [2.75, 3.05) is 20.1 Å². The summed E-state index contributed by atoms with van der Waals surface area (Å²) < 4.78 is 1.47. The van der Waals surface area contributed by atoms with E-state index in [4.69, 9.17) is 0 Å². The monoisotopic (exact) mass is 254 g/mol. The molecular formula is C10H18N6O2. The molecule has 1 rings (SSSR count). The van der Waals surface area contributed by atoms with Crippen molar-refractivity contribution in [3.05, 3.63) is 11.9 Å². The van der Waals surface area contributed by atoms with Crippen molar-refractivity contribution in [2.24, 2.45) is 0 Å². The van der Waals surface area contributed by atoms with Gasteiger partial charge in [0.05, 0.1) is 11.9 Å². The van der Waals surface area contributed by atoms with Crippen molar-refractivity contribution >= 4 is 11.8 Å². The van der Waals surface area contributed by atoms with Crippen molar-refractivity contribution in [1.29, 1.82) is 0 Å². The number of rotatable bonds is 7. The van der Waals surface area contributed by atoms with Crippen LogP contribution in [0.15, 0.2) is 6.20 Å². The summed E-state index contributed by atoms with van der Waals surface area (Å²) in [5.41, 5.74) is 0.781. The van der Waals surface area contributed by atoms with Crippen LogP contribution in [-0.2, 0) is 22.7 Å². The highest BCUT2D eigenvalue weighted by atomic mass is 16.2. The van der Waals surface area contributed by atoms with Gasteiger partial charge in [-0.25, -0.2) is 4.68 Å². The fourth-order valence-electron chi connectivity index (χ4n) is 1.32. The van der Waals surface area contributed by atoms with Crippen molar-refractivity contribution in [3.63, 3.8) is 0 Å². The molecule has 1 heterocycles. The molecule has 8 heteroatoms. The van der Waals surface area contributed by atoms with Gasteiger partial charge in [0.15, 0.2) is 0 Å². The van der Waals surface area contributed by atoms with Crippen LogP contribution >= 0.6 is 0 Å². The number of amides is 2. The summed E-state index contributed by atoms with van der Waals surface area (Å²) in [4.78, 5) is 22.1. The lowest BCUT2D eigenvalue weighted by Gasteiger charge is -2.05. The Labute approximate surface area is 105 Å². The molecule has 0 saturated heterocycles. The summed E-state index contributed by atoms with van der Waals surface area (Å²) in [6.45, 7) is 2.99. The average Bonchev–Trinajstić information content (AvgIpc) is 2.72. The van der Waals surface area contributed by atoms with Crippen LogP contribution in [-0.4, -0.2) is 46.9 Å². The van der Waals surface area contributed by atoms with E-state index in [1.807, 2.05) is 7.05 Å². The molecule has 1 aromatic heterocycles. The molecule has 0 aromatic carbocycles. The number of hydrogen-bond acceptors (Lipinski definition) is 5. The van der Waals surface area contributed by atoms with Gasteiger partial charge < -0.3 is 16.0 Å².